The molecule has 4 nitrogen and oxygen atoms in total. The number of para-hydroxylation sites is 2. The lowest BCUT2D eigenvalue weighted by molar-refractivity contribution is -0.117. The minimum atomic E-state index is 0.170. The molecule has 0 saturated carbocycles. The van der Waals surface area contributed by atoms with E-state index in [1.807, 2.05) is 29.2 Å². The van der Waals surface area contributed by atoms with Crippen molar-refractivity contribution in [2.24, 2.45) is 0 Å². The van der Waals surface area contributed by atoms with Gasteiger partial charge in [0.05, 0.1) is 17.9 Å². The third-order valence-electron chi connectivity index (χ3n) is 6.61. The van der Waals surface area contributed by atoms with Gasteiger partial charge in [0, 0.05) is 12.0 Å². The van der Waals surface area contributed by atoms with E-state index in [4.69, 9.17) is 0 Å². The summed E-state index contributed by atoms with van der Waals surface area (Å²) in [7, 11) is 0. The molecule has 0 radical (unpaired) electrons. The Hall–Kier alpha value is -2.59. The number of amides is 1. The van der Waals surface area contributed by atoms with E-state index in [0.717, 1.165) is 44.0 Å². The molecule has 2 heterocycles. The van der Waals surface area contributed by atoms with E-state index in [-0.39, 0.29) is 11.3 Å². The molecule has 1 amide bonds. The van der Waals surface area contributed by atoms with E-state index in [2.05, 4.69) is 46.6 Å². The molecule has 1 aliphatic carbocycles. The SMILES string of the molecule is O=C1CNc2ccccc2N1CCCN1CCC2(C=Cc3ccccc32)CC1. The van der Waals surface area contributed by atoms with Crippen LogP contribution < -0.4 is 10.2 Å². The maximum absolute atomic E-state index is 12.4. The summed E-state index contributed by atoms with van der Waals surface area (Å²) in [5.41, 5.74) is 5.24. The predicted octanol–water partition coefficient (Wildman–Crippen LogP) is 3.90. The van der Waals surface area contributed by atoms with Crippen molar-refractivity contribution in [3.63, 3.8) is 0 Å². The van der Waals surface area contributed by atoms with Crippen LogP contribution in [-0.2, 0) is 10.2 Å². The van der Waals surface area contributed by atoms with Gasteiger partial charge in [0.15, 0.2) is 0 Å². The first kappa shape index (κ1) is 17.5. The van der Waals surface area contributed by atoms with Crippen LogP contribution in [-0.4, -0.2) is 43.5 Å². The molecule has 1 spiro atoms. The van der Waals surface area contributed by atoms with Crippen LogP contribution in [0.2, 0.25) is 0 Å². The van der Waals surface area contributed by atoms with Crippen LogP contribution in [0.5, 0.6) is 0 Å². The fourth-order valence-electron chi connectivity index (χ4n) is 5.00. The lowest BCUT2D eigenvalue weighted by atomic mass is 9.74. The first-order valence-corrected chi connectivity index (χ1v) is 10.4. The number of anilines is 2. The van der Waals surface area contributed by atoms with Crippen molar-refractivity contribution in [2.75, 3.05) is 42.9 Å². The molecule has 5 rings (SSSR count). The normalized spacial score (nSPS) is 20.1. The highest BCUT2D eigenvalue weighted by Gasteiger charge is 2.37. The maximum atomic E-state index is 12.4. The number of likely N-dealkylation sites (tertiary alicyclic amines) is 1. The monoisotopic (exact) mass is 373 g/mol. The quantitative estimate of drug-likeness (QED) is 0.883. The summed E-state index contributed by atoms with van der Waals surface area (Å²) in [5.74, 6) is 0.170. The van der Waals surface area contributed by atoms with Gasteiger partial charge >= 0.3 is 0 Å². The van der Waals surface area contributed by atoms with Crippen molar-refractivity contribution in [1.29, 1.82) is 0 Å². The summed E-state index contributed by atoms with van der Waals surface area (Å²) in [4.78, 5) is 16.9. The number of allylic oxidation sites excluding steroid dienone is 1. The zero-order valence-electron chi connectivity index (χ0n) is 16.2. The first-order chi connectivity index (χ1) is 13.8. The van der Waals surface area contributed by atoms with E-state index in [1.54, 1.807) is 0 Å². The smallest absolute Gasteiger partial charge is 0.246 e. The lowest BCUT2D eigenvalue weighted by Gasteiger charge is -2.39. The molecular weight excluding hydrogens is 346 g/mol. The van der Waals surface area contributed by atoms with Crippen molar-refractivity contribution < 1.29 is 4.79 Å². The summed E-state index contributed by atoms with van der Waals surface area (Å²) < 4.78 is 0. The van der Waals surface area contributed by atoms with Crippen LogP contribution >= 0.6 is 0 Å². The number of carbonyl (C=O) groups is 1. The Kier molecular flexibility index (Phi) is 4.44. The van der Waals surface area contributed by atoms with Gasteiger partial charge in [-0.1, -0.05) is 48.6 Å². The number of hydrogen-bond donors (Lipinski definition) is 1. The van der Waals surface area contributed by atoms with Gasteiger partial charge in [0.25, 0.3) is 0 Å². The minimum absolute atomic E-state index is 0.170. The predicted molar refractivity (Wildman–Crippen MR) is 115 cm³/mol. The first-order valence-electron chi connectivity index (χ1n) is 10.4. The van der Waals surface area contributed by atoms with Crippen molar-refractivity contribution in [1.82, 2.24) is 4.90 Å². The molecule has 4 heteroatoms. The number of nitrogens with zero attached hydrogens (tertiary/aromatic N) is 2. The van der Waals surface area contributed by atoms with Crippen LogP contribution in [0.1, 0.15) is 30.4 Å². The molecule has 28 heavy (non-hydrogen) atoms. The van der Waals surface area contributed by atoms with E-state index < -0.39 is 0 Å². The average Bonchev–Trinajstić information content (AvgIpc) is 3.10. The molecule has 0 bridgehead atoms. The summed E-state index contributed by atoms with van der Waals surface area (Å²) in [6.07, 6.45) is 8.13. The fourth-order valence-corrected chi connectivity index (χ4v) is 5.00. The highest BCUT2D eigenvalue weighted by molar-refractivity contribution is 6.02. The molecule has 2 aliphatic heterocycles. The number of rotatable bonds is 4. The molecule has 1 fully saturated rings. The number of benzene rings is 2. The zero-order valence-corrected chi connectivity index (χ0v) is 16.2. The molecule has 0 unspecified atom stereocenters. The van der Waals surface area contributed by atoms with Gasteiger partial charge in [-0.15, -0.1) is 0 Å². The molecular formula is C24H27N3O. The lowest BCUT2D eigenvalue weighted by Crippen LogP contribution is -2.44. The average molecular weight is 374 g/mol. The highest BCUT2D eigenvalue weighted by Crippen LogP contribution is 2.43. The minimum Gasteiger partial charge on any atom is -0.374 e. The molecule has 0 atom stereocenters. The number of fused-ring (bicyclic) bond motifs is 3. The summed E-state index contributed by atoms with van der Waals surface area (Å²) in [6, 6.07) is 16.9. The van der Waals surface area contributed by atoms with Crippen molar-refractivity contribution in [3.8, 4) is 0 Å². The zero-order chi connectivity index (χ0) is 19.0. The van der Waals surface area contributed by atoms with Crippen molar-refractivity contribution in [3.05, 3.63) is 65.7 Å². The van der Waals surface area contributed by atoms with Gasteiger partial charge in [-0.05, 0) is 62.2 Å². The van der Waals surface area contributed by atoms with E-state index >= 15 is 0 Å². The topological polar surface area (TPSA) is 35.6 Å². The second kappa shape index (κ2) is 7.10. The fraction of sp³-hybridized carbons (Fsp3) is 0.375. The Labute approximate surface area is 166 Å². The largest absolute Gasteiger partial charge is 0.374 e. The van der Waals surface area contributed by atoms with Gasteiger partial charge in [-0.3, -0.25) is 4.79 Å². The van der Waals surface area contributed by atoms with Crippen LogP contribution in [0.15, 0.2) is 54.6 Å². The van der Waals surface area contributed by atoms with Crippen molar-refractivity contribution in [2.45, 2.75) is 24.7 Å². The maximum Gasteiger partial charge on any atom is 0.246 e. The number of nitrogens with one attached hydrogen (secondary N) is 1. The van der Waals surface area contributed by atoms with E-state index in [1.165, 1.54) is 24.0 Å². The molecule has 2 aromatic carbocycles. The molecule has 144 valence electrons. The molecule has 3 aliphatic rings. The summed E-state index contributed by atoms with van der Waals surface area (Å²) in [6.45, 7) is 4.51. The van der Waals surface area contributed by atoms with Crippen LogP contribution in [0.3, 0.4) is 0 Å². The number of piperidine rings is 1. The number of carbonyl (C=O) groups excluding carboxylic acids is 1. The van der Waals surface area contributed by atoms with E-state index in [9.17, 15) is 4.79 Å². The second-order valence-corrected chi connectivity index (χ2v) is 8.19. The molecule has 0 aromatic heterocycles. The Morgan fingerprint density at radius 2 is 1.75 bits per heavy atom. The molecule has 1 N–H and O–H groups in total. The van der Waals surface area contributed by atoms with Gasteiger partial charge in [-0.2, -0.15) is 0 Å². The number of hydrogen-bond acceptors (Lipinski definition) is 3. The van der Waals surface area contributed by atoms with Gasteiger partial charge in [0.2, 0.25) is 5.91 Å². The highest BCUT2D eigenvalue weighted by atomic mass is 16.2. The Morgan fingerprint density at radius 1 is 0.964 bits per heavy atom. The second-order valence-electron chi connectivity index (χ2n) is 8.19. The summed E-state index contributed by atoms with van der Waals surface area (Å²) in [5, 5.41) is 3.21. The van der Waals surface area contributed by atoms with E-state index in [0.29, 0.717) is 6.54 Å². The molecule has 2 aromatic rings. The van der Waals surface area contributed by atoms with Crippen LogP contribution in [0.25, 0.3) is 6.08 Å². The Balaban J connectivity index is 1.17. The summed E-state index contributed by atoms with van der Waals surface area (Å²) >= 11 is 0. The van der Waals surface area contributed by atoms with Crippen LogP contribution in [0, 0.1) is 0 Å². The third kappa shape index (κ3) is 3.02. The van der Waals surface area contributed by atoms with Gasteiger partial charge < -0.3 is 15.1 Å². The third-order valence-corrected chi connectivity index (χ3v) is 6.61. The van der Waals surface area contributed by atoms with Gasteiger partial charge in [-0.25, -0.2) is 0 Å². The Bertz CT molecular complexity index is 912. The Morgan fingerprint density at radius 3 is 2.64 bits per heavy atom. The van der Waals surface area contributed by atoms with Crippen LogP contribution in [0.4, 0.5) is 11.4 Å². The van der Waals surface area contributed by atoms with Gasteiger partial charge in [0.1, 0.15) is 0 Å². The molecule has 1 saturated heterocycles. The van der Waals surface area contributed by atoms with Crippen molar-refractivity contribution >= 4 is 23.4 Å². The standard InChI is InChI=1S/C24H27N3O/c28-23-18-25-21-8-3-4-9-22(21)27(23)15-5-14-26-16-12-24(13-17-26)11-10-19-6-1-2-7-20(19)24/h1-4,6-11,25H,5,12-18H2.